The highest BCUT2D eigenvalue weighted by atomic mass is 16.6. The summed E-state index contributed by atoms with van der Waals surface area (Å²) in [7, 11) is 0. The first-order valence-corrected chi connectivity index (χ1v) is 25.4. The largest absolute Gasteiger partial charge is 0.462 e. The van der Waals surface area contributed by atoms with Crippen molar-refractivity contribution in [1.82, 2.24) is 0 Å². The Morgan fingerprint density at radius 2 is 0.651 bits per heavy atom. The lowest BCUT2D eigenvalue weighted by molar-refractivity contribution is -0.166. The molecule has 1 unspecified atom stereocenters. The minimum atomic E-state index is -0.823. The molecule has 1 atom stereocenters. The summed E-state index contributed by atoms with van der Waals surface area (Å²) in [4.78, 5) is 37.9. The number of esters is 3. The zero-order valence-corrected chi connectivity index (χ0v) is 40.5. The summed E-state index contributed by atoms with van der Waals surface area (Å²) < 4.78 is 16.7. The Bertz CT molecular complexity index is 1330. The van der Waals surface area contributed by atoms with Crippen LogP contribution in [0.5, 0.6) is 0 Å². The van der Waals surface area contributed by atoms with Crippen LogP contribution in [0.25, 0.3) is 0 Å². The van der Waals surface area contributed by atoms with Gasteiger partial charge in [-0.2, -0.15) is 0 Å². The van der Waals surface area contributed by atoms with Crippen LogP contribution in [0.1, 0.15) is 213 Å². The van der Waals surface area contributed by atoms with Gasteiger partial charge in [-0.1, -0.05) is 214 Å². The third-order valence-corrected chi connectivity index (χ3v) is 10.3. The summed E-state index contributed by atoms with van der Waals surface area (Å²) in [5, 5.41) is 0. The van der Waals surface area contributed by atoms with Crippen molar-refractivity contribution in [2.24, 2.45) is 0 Å². The number of allylic oxidation sites excluding steroid dienone is 18. The molecule has 63 heavy (non-hydrogen) atoms. The second-order valence-corrected chi connectivity index (χ2v) is 16.3. The minimum Gasteiger partial charge on any atom is -0.462 e. The predicted octanol–water partition coefficient (Wildman–Crippen LogP) is 16.8. The summed E-state index contributed by atoms with van der Waals surface area (Å²) in [5.41, 5.74) is 0. The van der Waals surface area contributed by atoms with Gasteiger partial charge in [0, 0.05) is 19.3 Å². The highest BCUT2D eigenvalue weighted by Gasteiger charge is 2.19. The maximum atomic E-state index is 12.7. The summed E-state index contributed by atoms with van der Waals surface area (Å²) >= 11 is 0. The Morgan fingerprint density at radius 3 is 1.03 bits per heavy atom. The number of rotatable bonds is 44. The van der Waals surface area contributed by atoms with Crippen molar-refractivity contribution in [3.8, 4) is 0 Å². The van der Waals surface area contributed by atoms with Crippen LogP contribution in [0.3, 0.4) is 0 Å². The first-order chi connectivity index (χ1) is 31.0. The fourth-order valence-electron chi connectivity index (χ4n) is 6.54. The summed E-state index contributed by atoms with van der Waals surface area (Å²) in [6.07, 6.45) is 68.0. The molecule has 356 valence electrons. The van der Waals surface area contributed by atoms with Crippen molar-refractivity contribution in [3.63, 3.8) is 0 Å². The summed E-state index contributed by atoms with van der Waals surface area (Å²) in [5.74, 6) is -1.02. The standard InChI is InChI=1S/C57H92O6/c1-4-7-10-13-16-19-22-24-25-26-27-28-29-30-31-33-35-38-41-44-47-50-56(59)62-53-54(52-61-55(58)49-46-43-40-37-34-21-18-15-12-9-6-3)63-57(60)51-48-45-42-39-36-32-23-20-17-14-11-8-5-2/h7-8,10-11,16-17,19-20,24-25,27-28,30-32,36,42,45,54H,4-6,9,12-15,18,21-23,26,29,33-35,37-41,43-44,46-53H2,1-3H3/b10-7-,11-8-,19-16-,20-17-,25-24-,28-27-,31-30-,36-32-,45-42-. The van der Waals surface area contributed by atoms with E-state index in [1.165, 1.54) is 51.4 Å². The molecule has 0 radical (unpaired) electrons. The average molecular weight is 873 g/mol. The van der Waals surface area contributed by atoms with Crippen LogP contribution in [0.2, 0.25) is 0 Å². The van der Waals surface area contributed by atoms with Gasteiger partial charge in [-0.15, -0.1) is 0 Å². The third kappa shape index (κ3) is 49.0. The maximum absolute atomic E-state index is 12.7. The van der Waals surface area contributed by atoms with E-state index in [1.807, 2.05) is 12.2 Å². The molecule has 0 aliphatic heterocycles. The number of ether oxygens (including phenoxy) is 3. The van der Waals surface area contributed by atoms with E-state index in [0.717, 1.165) is 116 Å². The van der Waals surface area contributed by atoms with Gasteiger partial charge in [0.25, 0.3) is 0 Å². The average Bonchev–Trinajstić information content (AvgIpc) is 3.28. The quantitative estimate of drug-likeness (QED) is 0.0263. The fourth-order valence-corrected chi connectivity index (χ4v) is 6.54. The zero-order chi connectivity index (χ0) is 45.8. The Labute approximate surface area is 387 Å². The van der Waals surface area contributed by atoms with Gasteiger partial charge in [-0.25, -0.2) is 0 Å². The van der Waals surface area contributed by atoms with E-state index >= 15 is 0 Å². The molecule has 0 heterocycles. The maximum Gasteiger partial charge on any atom is 0.306 e. The number of carbonyl (C=O) groups is 3. The van der Waals surface area contributed by atoms with Crippen molar-refractivity contribution in [2.75, 3.05) is 13.2 Å². The van der Waals surface area contributed by atoms with Crippen molar-refractivity contribution in [2.45, 2.75) is 219 Å². The Hall–Kier alpha value is -3.93. The Balaban J connectivity index is 4.46. The van der Waals surface area contributed by atoms with Gasteiger partial charge in [0.2, 0.25) is 0 Å². The molecule has 0 saturated carbocycles. The molecule has 0 N–H and O–H groups in total. The molecule has 0 aromatic carbocycles. The van der Waals surface area contributed by atoms with Crippen LogP contribution in [-0.2, 0) is 28.6 Å². The highest BCUT2D eigenvalue weighted by molar-refractivity contribution is 5.71. The predicted molar refractivity (Wildman–Crippen MR) is 270 cm³/mol. The van der Waals surface area contributed by atoms with Crippen LogP contribution in [0, 0.1) is 0 Å². The lowest BCUT2D eigenvalue weighted by atomic mass is 10.1. The van der Waals surface area contributed by atoms with Crippen molar-refractivity contribution in [3.05, 3.63) is 109 Å². The second kappa shape index (κ2) is 50.7. The van der Waals surface area contributed by atoms with Crippen molar-refractivity contribution >= 4 is 17.9 Å². The first kappa shape index (κ1) is 59.1. The van der Waals surface area contributed by atoms with E-state index in [0.29, 0.717) is 19.3 Å². The molecular formula is C57H92O6. The number of unbranched alkanes of at least 4 members (excludes halogenated alkanes) is 15. The molecule has 0 saturated heterocycles. The molecule has 0 aliphatic rings. The van der Waals surface area contributed by atoms with Gasteiger partial charge in [-0.05, 0) is 89.9 Å². The van der Waals surface area contributed by atoms with E-state index in [9.17, 15) is 14.4 Å². The second-order valence-electron chi connectivity index (χ2n) is 16.3. The third-order valence-electron chi connectivity index (χ3n) is 10.3. The fraction of sp³-hybridized carbons (Fsp3) is 0.632. The van der Waals surface area contributed by atoms with E-state index in [2.05, 4.69) is 118 Å². The number of carbonyl (C=O) groups excluding carboxylic acids is 3. The Morgan fingerprint density at radius 1 is 0.333 bits per heavy atom. The molecule has 6 heteroatoms. The zero-order valence-electron chi connectivity index (χ0n) is 40.5. The van der Waals surface area contributed by atoms with Crippen LogP contribution < -0.4 is 0 Å². The molecule has 6 nitrogen and oxygen atoms in total. The van der Waals surface area contributed by atoms with Crippen molar-refractivity contribution < 1.29 is 28.6 Å². The smallest absolute Gasteiger partial charge is 0.306 e. The molecule has 0 spiro atoms. The molecule has 0 aliphatic carbocycles. The van der Waals surface area contributed by atoms with Gasteiger partial charge < -0.3 is 14.2 Å². The lowest BCUT2D eigenvalue weighted by Crippen LogP contribution is -2.30. The van der Waals surface area contributed by atoms with E-state index in [1.54, 1.807) is 0 Å². The van der Waals surface area contributed by atoms with Crippen LogP contribution >= 0.6 is 0 Å². The van der Waals surface area contributed by atoms with Crippen LogP contribution in [0.15, 0.2) is 109 Å². The topological polar surface area (TPSA) is 78.9 Å². The number of hydrogen-bond acceptors (Lipinski definition) is 6. The summed E-state index contributed by atoms with van der Waals surface area (Å²) in [6, 6.07) is 0. The lowest BCUT2D eigenvalue weighted by Gasteiger charge is -2.18. The molecular weight excluding hydrogens is 781 g/mol. The molecule has 0 amide bonds. The van der Waals surface area contributed by atoms with E-state index < -0.39 is 12.1 Å². The highest BCUT2D eigenvalue weighted by Crippen LogP contribution is 2.13. The van der Waals surface area contributed by atoms with Gasteiger partial charge in [0.1, 0.15) is 13.2 Å². The first-order valence-electron chi connectivity index (χ1n) is 25.4. The van der Waals surface area contributed by atoms with Crippen molar-refractivity contribution in [1.29, 1.82) is 0 Å². The summed E-state index contributed by atoms with van der Waals surface area (Å²) in [6.45, 7) is 6.30. The molecule has 0 rings (SSSR count). The normalized spacial score (nSPS) is 13.0. The molecule has 0 aromatic rings. The number of hydrogen-bond donors (Lipinski definition) is 0. The Kier molecular flexibility index (Phi) is 47.5. The SMILES string of the molecule is CC/C=C\C/C=C\C/C=C\C/C=C\C/C=C\CCCCCCCC(=O)OCC(COC(=O)CCCCCCCCCCCCC)OC(=O)CC/C=C\C/C=C\C/C=C\C/C=C\CC. The monoisotopic (exact) mass is 873 g/mol. The van der Waals surface area contributed by atoms with Gasteiger partial charge in [-0.3, -0.25) is 14.4 Å². The molecule has 0 bridgehead atoms. The van der Waals surface area contributed by atoms with Crippen LogP contribution in [0.4, 0.5) is 0 Å². The van der Waals surface area contributed by atoms with Crippen LogP contribution in [-0.4, -0.2) is 37.2 Å². The van der Waals surface area contributed by atoms with E-state index in [-0.39, 0.29) is 31.6 Å². The molecule has 0 fully saturated rings. The minimum absolute atomic E-state index is 0.113. The van der Waals surface area contributed by atoms with Gasteiger partial charge in [0.15, 0.2) is 6.10 Å². The molecule has 0 aromatic heterocycles. The van der Waals surface area contributed by atoms with Gasteiger partial charge >= 0.3 is 17.9 Å². The van der Waals surface area contributed by atoms with Gasteiger partial charge in [0.05, 0.1) is 0 Å². The van der Waals surface area contributed by atoms with E-state index in [4.69, 9.17) is 14.2 Å².